The van der Waals surface area contributed by atoms with Crippen molar-refractivity contribution in [3.63, 3.8) is 0 Å². The molecule has 2 aliphatic heterocycles. The van der Waals surface area contributed by atoms with E-state index >= 15 is 0 Å². The maximum absolute atomic E-state index is 13.1. The number of anilines is 2. The number of nitro benzene ring substituents is 1. The van der Waals surface area contributed by atoms with Crippen molar-refractivity contribution < 1.29 is 33.6 Å². The molecule has 2 saturated heterocycles. The first kappa shape index (κ1) is 26.1. The van der Waals surface area contributed by atoms with E-state index in [1.807, 2.05) is 19.1 Å². The summed E-state index contributed by atoms with van der Waals surface area (Å²) in [6.07, 6.45) is 4.36. The Morgan fingerprint density at radius 3 is 2.49 bits per heavy atom. The number of allylic oxidation sites excluding steroid dienone is 2. The number of methoxy groups -OCH3 is 1. The van der Waals surface area contributed by atoms with Crippen LogP contribution in [0.3, 0.4) is 0 Å². The second kappa shape index (κ2) is 9.97. The van der Waals surface area contributed by atoms with Gasteiger partial charge in [0.15, 0.2) is 0 Å². The third-order valence-corrected chi connectivity index (χ3v) is 7.62. The number of amides is 3. The van der Waals surface area contributed by atoms with Gasteiger partial charge < -0.3 is 14.4 Å². The van der Waals surface area contributed by atoms with E-state index in [9.17, 15) is 29.3 Å². The van der Waals surface area contributed by atoms with Crippen LogP contribution in [0.2, 0.25) is 0 Å². The number of nitro groups is 1. The van der Waals surface area contributed by atoms with Crippen LogP contribution >= 0.6 is 0 Å². The van der Waals surface area contributed by atoms with Gasteiger partial charge in [0.2, 0.25) is 17.7 Å². The molecule has 1 aliphatic carbocycles. The summed E-state index contributed by atoms with van der Waals surface area (Å²) in [6, 6.07) is 8.61. The van der Waals surface area contributed by atoms with Gasteiger partial charge in [-0.3, -0.25) is 29.3 Å². The fraction of sp³-hybridized carbons (Fsp3) is 0.357. The largest absolute Gasteiger partial charge is 0.494 e. The molecule has 5 rings (SSSR count). The van der Waals surface area contributed by atoms with Gasteiger partial charge in [-0.2, -0.15) is 0 Å². The lowest BCUT2D eigenvalue weighted by atomic mass is 9.78. The van der Waals surface area contributed by atoms with Crippen molar-refractivity contribution in [1.29, 1.82) is 0 Å². The van der Waals surface area contributed by atoms with E-state index in [0.717, 1.165) is 0 Å². The van der Waals surface area contributed by atoms with E-state index in [4.69, 9.17) is 9.47 Å². The minimum absolute atomic E-state index is 0.0225. The molecule has 0 spiro atoms. The highest BCUT2D eigenvalue weighted by Gasteiger charge is 2.50. The quantitative estimate of drug-likeness (QED) is 0.137. The first-order valence-corrected chi connectivity index (χ1v) is 12.6. The van der Waals surface area contributed by atoms with Crippen molar-refractivity contribution >= 4 is 40.8 Å². The van der Waals surface area contributed by atoms with E-state index in [0.29, 0.717) is 23.4 Å². The topological polar surface area (TPSA) is 136 Å². The van der Waals surface area contributed by atoms with E-state index < -0.39 is 16.8 Å². The Morgan fingerprint density at radius 2 is 1.82 bits per heavy atom. The summed E-state index contributed by atoms with van der Waals surface area (Å²) >= 11 is 0. The Morgan fingerprint density at radius 1 is 1.08 bits per heavy atom. The van der Waals surface area contributed by atoms with Gasteiger partial charge in [-0.15, -0.1) is 0 Å². The van der Waals surface area contributed by atoms with Crippen LogP contribution in [0.25, 0.3) is 0 Å². The van der Waals surface area contributed by atoms with Gasteiger partial charge in [0, 0.05) is 19.0 Å². The van der Waals surface area contributed by atoms with E-state index in [2.05, 4.69) is 0 Å². The molecule has 2 aromatic rings. The van der Waals surface area contributed by atoms with Crippen LogP contribution in [0.5, 0.6) is 11.5 Å². The summed E-state index contributed by atoms with van der Waals surface area (Å²) in [5, 5.41) is 11.1. The molecule has 2 aromatic carbocycles. The number of non-ortho nitro benzene ring substituents is 1. The van der Waals surface area contributed by atoms with Crippen molar-refractivity contribution in [3.8, 4) is 11.5 Å². The fourth-order valence-corrected chi connectivity index (χ4v) is 5.63. The molecule has 0 radical (unpaired) electrons. The molecule has 11 heteroatoms. The number of carbonyl (C=O) groups excluding carboxylic acids is 4. The zero-order chi connectivity index (χ0) is 28.0. The van der Waals surface area contributed by atoms with Crippen LogP contribution in [0.1, 0.15) is 25.3 Å². The lowest BCUT2D eigenvalue weighted by Gasteiger charge is -2.22. The third-order valence-electron chi connectivity index (χ3n) is 7.62. The average molecular weight is 534 g/mol. The second-order valence-corrected chi connectivity index (χ2v) is 10.1. The summed E-state index contributed by atoms with van der Waals surface area (Å²) in [6.45, 7) is 3.69. The van der Waals surface area contributed by atoms with Crippen molar-refractivity contribution in [2.45, 2.75) is 26.7 Å². The maximum Gasteiger partial charge on any atom is 0.316 e. The highest BCUT2D eigenvalue weighted by atomic mass is 16.6. The highest BCUT2D eigenvalue weighted by Crippen LogP contribution is 2.42. The smallest absolute Gasteiger partial charge is 0.316 e. The Bertz CT molecular complexity index is 1430. The Hall–Kier alpha value is -4.54. The number of hydrogen-bond donors (Lipinski definition) is 0. The number of benzene rings is 2. The van der Waals surface area contributed by atoms with Gasteiger partial charge in [-0.05, 0) is 49.1 Å². The van der Waals surface area contributed by atoms with Gasteiger partial charge in [-0.25, -0.2) is 4.90 Å². The number of rotatable bonds is 6. The standard InChI is InChI=1S/C28H27N3O8/c1-15-5-4-6-20-25(15)27(34)30(26(20)33)21-10-8-19(11-16(21)2)39-28(35)17-12-24(32)29(14-17)22-9-7-18(31(36)37)13-23(22)38-3/h4-5,7-11,13,15,17,20,25H,6,12,14H2,1-3H3/t15-,17+,20+,25-/m0/s1. The van der Waals surface area contributed by atoms with Crippen LogP contribution in [0, 0.1) is 40.7 Å². The number of imide groups is 1. The molecular weight excluding hydrogens is 506 g/mol. The van der Waals surface area contributed by atoms with Crippen LogP contribution in [-0.2, 0) is 19.2 Å². The normalized spacial score (nSPS) is 24.2. The summed E-state index contributed by atoms with van der Waals surface area (Å²) in [5.74, 6) is -2.56. The third kappa shape index (κ3) is 4.53. The molecule has 39 heavy (non-hydrogen) atoms. The number of fused-ring (bicyclic) bond motifs is 1. The first-order valence-electron chi connectivity index (χ1n) is 12.6. The molecule has 11 nitrogen and oxygen atoms in total. The van der Waals surface area contributed by atoms with Crippen LogP contribution in [-0.4, -0.2) is 42.3 Å². The SMILES string of the molecule is COc1cc([N+](=O)[O-])ccc1N1C[C@H](C(=O)Oc2ccc(N3C(=O)[C@H]4[C@@H](C)C=CC[C@H]4C3=O)c(C)c2)CC1=O. The molecule has 202 valence electrons. The lowest BCUT2D eigenvalue weighted by molar-refractivity contribution is -0.384. The fourth-order valence-electron chi connectivity index (χ4n) is 5.63. The highest BCUT2D eigenvalue weighted by molar-refractivity contribution is 6.22. The van der Waals surface area contributed by atoms with Gasteiger partial charge in [0.05, 0.1) is 47.2 Å². The number of carbonyl (C=O) groups is 4. The molecule has 0 bridgehead atoms. The van der Waals surface area contributed by atoms with Gasteiger partial charge in [0.25, 0.3) is 5.69 Å². The number of aryl methyl sites for hydroxylation is 1. The van der Waals surface area contributed by atoms with Crippen LogP contribution in [0.4, 0.5) is 17.1 Å². The summed E-state index contributed by atoms with van der Waals surface area (Å²) in [7, 11) is 1.34. The van der Waals surface area contributed by atoms with Crippen molar-refractivity contribution in [1.82, 2.24) is 0 Å². The molecule has 0 aromatic heterocycles. The number of esters is 1. The van der Waals surface area contributed by atoms with Gasteiger partial charge >= 0.3 is 5.97 Å². The van der Waals surface area contributed by atoms with Gasteiger partial charge in [0.1, 0.15) is 11.5 Å². The Balaban J connectivity index is 1.29. The predicted molar refractivity (Wildman–Crippen MR) is 139 cm³/mol. The van der Waals surface area contributed by atoms with E-state index in [-0.39, 0.29) is 65.6 Å². The molecule has 2 fully saturated rings. The first-order chi connectivity index (χ1) is 18.6. The second-order valence-electron chi connectivity index (χ2n) is 10.1. The van der Waals surface area contributed by atoms with Crippen LogP contribution < -0.4 is 19.3 Å². The van der Waals surface area contributed by atoms with E-state index in [1.165, 1.54) is 41.2 Å². The van der Waals surface area contributed by atoms with Crippen molar-refractivity contribution in [3.05, 3.63) is 64.2 Å². The number of hydrogen-bond acceptors (Lipinski definition) is 8. The zero-order valence-corrected chi connectivity index (χ0v) is 21.7. The summed E-state index contributed by atoms with van der Waals surface area (Å²) < 4.78 is 10.8. The minimum Gasteiger partial charge on any atom is -0.494 e. The number of nitrogens with zero attached hydrogens (tertiary/aromatic N) is 3. The molecule has 2 heterocycles. The zero-order valence-electron chi connectivity index (χ0n) is 21.7. The predicted octanol–water partition coefficient (Wildman–Crippen LogP) is 3.57. The monoisotopic (exact) mass is 533 g/mol. The Labute approximate surface area is 224 Å². The molecule has 3 amide bonds. The minimum atomic E-state index is -0.767. The molecule has 0 N–H and O–H groups in total. The molecule has 4 atom stereocenters. The number of ether oxygens (including phenoxy) is 2. The average Bonchev–Trinajstić information content (AvgIpc) is 3.41. The lowest BCUT2D eigenvalue weighted by Crippen LogP contribution is -2.32. The van der Waals surface area contributed by atoms with Crippen LogP contribution in [0.15, 0.2) is 48.6 Å². The van der Waals surface area contributed by atoms with Gasteiger partial charge in [-0.1, -0.05) is 19.1 Å². The molecule has 0 saturated carbocycles. The van der Waals surface area contributed by atoms with Crippen molar-refractivity contribution in [2.24, 2.45) is 23.7 Å². The van der Waals surface area contributed by atoms with Crippen molar-refractivity contribution in [2.75, 3.05) is 23.5 Å². The summed E-state index contributed by atoms with van der Waals surface area (Å²) in [5.41, 5.74) is 1.20. The Kier molecular flexibility index (Phi) is 6.67. The van der Waals surface area contributed by atoms with E-state index in [1.54, 1.807) is 19.1 Å². The maximum atomic E-state index is 13.1. The molecular formula is C28H27N3O8. The molecule has 3 aliphatic rings. The summed E-state index contributed by atoms with van der Waals surface area (Å²) in [4.78, 5) is 65.0. The molecule has 0 unspecified atom stereocenters.